The molecule has 8 nitrogen and oxygen atoms in total. The smallest absolute Gasteiger partial charge is 0.322 e. The summed E-state index contributed by atoms with van der Waals surface area (Å²) >= 11 is 0. The van der Waals surface area contributed by atoms with Crippen molar-refractivity contribution in [3.63, 3.8) is 0 Å². The Morgan fingerprint density at radius 1 is 1.00 bits per heavy atom. The van der Waals surface area contributed by atoms with Crippen molar-refractivity contribution >= 4 is 11.6 Å². The fourth-order valence-corrected chi connectivity index (χ4v) is 8.23. The highest BCUT2D eigenvalue weighted by atomic mass is 19.3. The minimum absolute atomic E-state index is 0.0226. The lowest BCUT2D eigenvalue weighted by Gasteiger charge is -2.66. The molecule has 4 bridgehead atoms. The second kappa shape index (κ2) is 8.66. The molecule has 2 heterocycles. The van der Waals surface area contributed by atoms with Gasteiger partial charge >= 0.3 is 5.92 Å². The van der Waals surface area contributed by atoms with Gasteiger partial charge in [0.1, 0.15) is 5.67 Å². The Morgan fingerprint density at radius 3 is 2.33 bits per heavy atom. The third-order valence-electron chi connectivity index (χ3n) is 10.9. The average molecular weight is 582 g/mol. The molecule has 0 saturated heterocycles. The highest BCUT2D eigenvalue weighted by molar-refractivity contribution is 5.94. The molecule has 1 amide bonds. The number of nitrogens with zero attached hydrogens (tertiary/aromatic N) is 5. The van der Waals surface area contributed by atoms with Crippen molar-refractivity contribution in [2.24, 2.45) is 10.8 Å². The quantitative estimate of drug-likeness (QED) is 0.268. The number of halogens is 3. The number of alkyl halides is 3. The predicted molar refractivity (Wildman–Crippen MR) is 144 cm³/mol. The van der Waals surface area contributed by atoms with Crippen molar-refractivity contribution in [3.05, 3.63) is 41.9 Å². The lowest BCUT2D eigenvalue weighted by Crippen LogP contribution is -2.65. The SMILES string of the molecule is CC(F)(F)c1nc(-c2cccc(N(CC34CCC(c5nc(C6CC6)no5)(CC3)CC4)C(=O)CC34CC(F)(C3)C4)c2)no1. The van der Waals surface area contributed by atoms with E-state index in [4.69, 9.17) is 14.0 Å². The number of hydrogen-bond donors (Lipinski definition) is 0. The maximum Gasteiger partial charge on any atom is 0.322 e. The Hall–Kier alpha value is -3.24. The van der Waals surface area contributed by atoms with Crippen molar-refractivity contribution in [1.29, 1.82) is 0 Å². The molecular formula is C31H34F3N5O3. The van der Waals surface area contributed by atoms with E-state index in [2.05, 4.69) is 15.3 Å². The van der Waals surface area contributed by atoms with Crippen LogP contribution in [0, 0.1) is 10.8 Å². The van der Waals surface area contributed by atoms with Gasteiger partial charge in [-0.25, -0.2) is 4.39 Å². The third kappa shape index (κ3) is 4.28. The Balaban J connectivity index is 1.05. The number of rotatable bonds is 9. The van der Waals surface area contributed by atoms with Gasteiger partial charge < -0.3 is 13.9 Å². The molecule has 0 spiro atoms. The van der Waals surface area contributed by atoms with Crippen LogP contribution < -0.4 is 4.90 Å². The van der Waals surface area contributed by atoms with E-state index in [9.17, 15) is 18.0 Å². The number of anilines is 1. The van der Waals surface area contributed by atoms with Crippen LogP contribution in [0.15, 0.2) is 33.3 Å². The Bertz CT molecular complexity index is 1510. The van der Waals surface area contributed by atoms with Gasteiger partial charge in [0.05, 0.1) is 0 Å². The van der Waals surface area contributed by atoms with Crippen molar-refractivity contribution in [2.45, 2.75) is 107 Å². The van der Waals surface area contributed by atoms with Crippen LogP contribution in [0.2, 0.25) is 0 Å². The monoisotopic (exact) mass is 581 g/mol. The molecule has 42 heavy (non-hydrogen) atoms. The van der Waals surface area contributed by atoms with Gasteiger partial charge in [-0.3, -0.25) is 4.79 Å². The zero-order valence-corrected chi connectivity index (χ0v) is 23.7. The van der Waals surface area contributed by atoms with E-state index in [0.717, 1.165) is 63.1 Å². The van der Waals surface area contributed by atoms with E-state index in [-0.39, 0.29) is 28.0 Å². The topological polar surface area (TPSA) is 98.2 Å². The van der Waals surface area contributed by atoms with Crippen molar-refractivity contribution in [1.82, 2.24) is 20.3 Å². The molecule has 2 aromatic heterocycles. The first-order valence-corrected chi connectivity index (χ1v) is 15.1. The fraction of sp³-hybridized carbons (Fsp3) is 0.645. The molecule has 7 aliphatic rings. The Morgan fingerprint density at radius 2 is 1.71 bits per heavy atom. The highest BCUT2D eigenvalue weighted by Crippen LogP contribution is 2.71. The predicted octanol–water partition coefficient (Wildman–Crippen LogP) is 7.02. The van der Waals surface area contributed by atoms with Crippen LogP contribution in [0.5, 0.6) is 0 Å². The van der Waals surface area contributed by atoms with Gasteiger partial charge in [0.2, 0.25) is 17.6 Å². The summed E-state index contributed by atoms with van der Waals surface area (Å²) in [6.45, 7) is 1.25. The van der Waals surface area contributed by atoms with Crippen LogP contribution in [0.4, 0.5) is 18.9 Å². The molecule has 10 rings (SSSR count). The molecule has 7 fully saturated rings. The summed E-state index contributed by atoms with van der Waals surface area (Å²) in [5, 5.41) is 8.04. The standard InChI is InChI=1S/C31H34F3N5O3/c1-27(32,33)25-35-24(38-41-25)20-3-2-4-21(13-20)39(22(40)14-29-15-31(34,16-29)17-29)18-28-7-10-30(11-8-28,12-9-28)26-36-23(37-42-26)19-5-6-19/h2-4,13,19H,5-12,14-18H2,1H3. The minimum Gasteiger partial charge on any atom is -0.339 e. The number of amides is 1. The summed E-state index contributed by atoms with van der Waals surface area (Å²) in [6.07, 6.45) is 9.57. The fourth-order valence-electron chi connectivity index (χ4n) is 8.23. The van der Waals surface area contributed by atoms with E-state index in [0.29, 0.717) is 56.3 Å². The summed E-state index contributed by atoms with van der Waals surface area (Å²) < 4.78 is 52.4. The Kier molecular flexibility index (Phi) is 5.44. The number of fused-ring (bicyclic) bond motifs is 3. The second-order valence-electron chi connectivity index (χ2n) is 14.2. The average Bonchev–Trinajstić information content (AvgIpc) is 3.43. The van der Waals surface area contributed by atoms with E-state index in [1.54, 1.807) is 18.2 Å². The van der Waals surface area contributed by atoms with E-state index in [1.165, 1.54) is 0 Å². The molecule has 0 aliphatic heterocycles. The molecular weight excluding hydrogens is 547 g/mol. The molecule has 11 heteroatoms. The van der Waals surface area contributed by atoms with Crippen molar-refractivity contribution in [3.8, 4) is 11.4 Å². The lowest BCUT2D eigenvalue weighted by molar-refractivity contribution is -0.215. The van der Waals surface area contributed by atoms with Crippen LogP contribution in [0.3, 0.4) is 0 Å². The number of benzene rings is 1. The van der Waals surface area contributed by atoms with Gasteiger partial charge in [-0.2, -0.15) is 18.7 Å². The largest absolute Gasteiger partial charge is 0.339 e. The Labute approximate surface area is 241 Å². The zero-order chi connectivity index (χ0) is 29.0. The second-order valence-corrected chi connectivity index (χ2v) is 14.2. The highest BCUT2D eigenvalue weighted by Gasteiger charge is 2.69. The zero-order valence-electron chi connectivity index (χ0n) is 23.7. The van der Waals surface area contributed by atoms with Gasteiger partial charge in [-0.15, -0.1) is 0 Å². The van der Waals surface area contributed by atoms with Crippen LogP contribution in [-0.4, -0.2) is 38.4 Å². The van der Waals surface area contributed by atoms with Crippen LogP contribution in [-0.2, 0) is 16.1 Å². The maximum absolute atomic E-state index is 14.3. The number of hydrogen-bond acceptors (Lipinski definition) is 7. The van der Waals surface area contributed by atoms with Gasteiger partial charge in [-0.1, -0.05) is 22.4 Å². The van der Waals surface area contributed by atoms with Gasteiger partial charge in [-0.05, 0) is 93.6 Å². The first-order chi connectivity index (χ1) is 20.0. The first kappa shape index (κ1) is 26.4. The first-order valence-electron chi connectivity index (χ1n) is 15.1. The van der Waals surface area contributed by atoms with Crippen molar-refractivity contribution in [2.75, 3.05) is 11.4 Å². The number of carbonyl (C=O) groups excluding carboxylic acids is 1. The molecule has 0 radical (unpaired) electrons. The van der Waals surface area contributed by atoms with E-state index in [1.807, 2.05) is 11.0 Å². The van der Waals surface area contributed by atoms with Crippen LogP contribution in [0.25, 0.3) is 11.4 Å². The summed E-state index contributed by atoms with van der Waals surface area (Å²) in [7, 11) is 0. The summed E-state index contributed by atoms with van der Waals surface area (Å²) in [5.74, 6) is -1.91. The lowest BCUT2D eigenvalue weighted by atomic mass is 9.41. The van der Waals surface area contributed by atoms with Crippen LogP contribution >= 0.6 is 0 Å². The van der Waals surface area contributed by atoms with Gasteiger partial charge in [0, 0.05) is 42.5 Å². The normalized spacial score (nSPS) is 33.2. The molecule has 222 valence electrons. The summed E-state index contributed by atoms with van der Waals surface area (Å²) in [6, 6.07) is 7.13. The maximum atomic E-state index is 14.3. The summed E-state index contributed by atoms with van der Waals surface area (Å²) in [4.78, 5) is 24.5. The minimum atomic E-state index is -3.25. The summed E-state index contributed by atoms with van der Waals surface area (Å²) in [5.41, 5.74) is -0.306. The third-order valence-corrected chi connectivity index (χ3v) is 10.9. The number of carbonyl (C=O) groups is 1. The molecule has 3 aromatic rings. The molecule has 7 saturated carbocycles. The molecule has 0 atom stereocenters. The number of aromatic nitrogens is 4. The molecule has 0 unspecified atom stereocenters. The van der Waals surface area contributed by atoms with E-state index < -0.39 is 17.5 Å². The molecule has 0 N–H and O–H groups in total. The van der Waals surface area contributed by atoms with Gasteiger partial charge in [0.15, 0.2) is 5.82 Å². The molecule has 1 aromatic carbocycles. The van der Waals surface area contributed by atoms with Crippen molar-refractivity contribution < 1.29 is 27.0 Å². The molecule has 7 aliphatic carbocycles. The van der Waals surface area contributed by atoms with Gasteiger partial charge in [0.25, 0.3) is 5.89 Å². The van der Waals surface area contributed by atoms with E-state index >= 15 is 0 Å². The van der Waals surface area contributed by atoms with Crippen LogP contribution in [0.1, 0.15) is 107 Å².